The molecule has 3 heteroatoms. The van der Waals surface area contributed by atoms with E-state index in [1.807, 2.05) is 18.2 Å². The van der Waals surface area contributed by atoms with Gasteiger partial charge in [-0.1, -0.05) is 24.3 Å². The van der Waals surface area contributed by atoms with E-state index in [1.54, 1.807) is 23.9 Å². The first-order chi connectivity index (χ1) is 6.29. The summed E-state index contributed by atoms with van der Waals surface area (Å²) in [5.41, 5.74) is 1.42. The van der Waals surface area contributed by atoms with Crippen molar-refractivity contribution < 1.29 is 9.90 Å². The van der Waals surface area contributed by atoms with E-state index in [4.69, 9.17) is 5.11 Å². The van der Waals surface area contributed by atoms with Crippen LogP contribution in [0.3, 0.4) is 0 Å². The Hall–Kier alpha value is -1.22. The maximum absolute atomic E-state index is 10.8. The summed E-state index contributed by atoms with van der Waals surface area (Å²) >= 11 is 1.58. The van der Waals surface area contributed by atoms with Crippen molar-refractivity contribution in [3.8, 4) is 0 Å². The first kappa shape index (κ1) is 8.38. The van der Waals surface area contributed by atoms with Gasteiger partial charge >= 0.3 is 5.97 Å². The average Bonchev–Trinajstić information content (AvgIpc) is 2.17. The number of rotatable bonds is 1. The fourth-order valence-corrected chi connectivity index (χ4v) is 2.29. The minimum absolute atomic E-state index is 0.409. The molecule has 0 saturated carbocycles. The summed E-state index contributed by atoms with van der Waals surface area (Å²) in [5, 5.41) is 8.90. The summed E-state index contributed by atoms with van der Waals surface area (Å²) in [6.07, 6.45) is 4.01. The molecule has 66 valence electrons. The number of hydrogen-bond donors (Lipinski definition) is 1. The fraction of sp³-hybridized carbons (Fsp3) is 0.100. The Morgan fingerprint density at radius 2 is 2.31 bits per heavy atom. The van der Waals surface area contributed by atoms with E-state index in [0.29, 0.717) is 5.56 Å². The van der Waals surface area contributed by atoms with E-state index in [9.17, 15) is 4.79 Å². The Balaban J connectivity index is 2.59. The van der Waals surface area contributed by atoms with Crippen LogP contribution in [0.2, 0.25) is 0 Å². The topological polar surface area (TPSA) is 37.3 Å². The molecule has 0 spiro atoms. The van der Waals surface area contributed by atoms with Crippen molar-refractivity contribution in [3.05, 3.63) is 35.4 Å². The summed E-state index contributed by atoms with van der Waals surface area (Å²) in [4.78, 5) is 11.7. The second kappa shape index (κ2) is 3.26. The Labute approximate surface area is 80.3 Å². The van der Waals surface area contributed by atoms with E-state index in [2.05, 4.69) is 0 Å². The maximum atomic E-state index is 10.8. The number of thioether (sulfide) groups is 1. The maximum Gasteiger partial charge on any atom is 0.336 e. The molecule has 2 rings (SSSR count). The van der Waals surface area contributed by atoms with Gasteiger partial charge in [-0.05, 0) is 11.6 Å². The van der Waals surface area contributed by atoms with Gasteiger partial charge in [-0.15, -0.1) is 11.8 Å². The zero-order valence-corrected chi connectivity index (χ0v) is 7.67. The molecule has 1 aromatic carbocycles. The zero-order chi connectivity index (χ0) is 9.26. The largest absolute Gasteiger partial charge is 0.478 e. The van der Waals surface area contributed by atoms with Gasteiger partial charge < -0.3 is 5.11 Å². The highest BCUT2D eigenvalue weighted by Crippen LogP contribution is 2.31. The van der Waals surface area contributed by atoms with Crippen molar-refractivity contribution in [1.82, 2.24) is 0 Å². The Kier molecular flexibility index (Phi) is 2.10. The van der Waals surface area contributed by atoms with Crippen molar-refractivity contribution in [2.24, 2.45) is 0 Å². The van der Waals surface area contributed by atoms with Crippen LogP contribution in [-0.4, -0.2) is 16.8 Å². The molecule has 0 aromatic heterocycles. The van der Waals surface area contributed by atoms with E-state index in [1.165, 1.54) is 0 Å². The number of benzene rings is 1. The highest BCUT2D eigenvalue weighted by Gasteiger charge is 2.14. The Morgan fingerprint density at radius 3 is 3.08 bits per heavy atom. The second-order valence-corrected chi connectivity index (χ2v) is 3.77. The average molecular weight is 192 g/mol. The molecule has 1 heterocycles. The molecule has 13 heavy (non-hydrogen) atoms. The van der Waals surface area contributed by atoms with Crippen molar-refractivity contribution in [2.45, 2.75) is 4.90 Å². The van der Waals surface area contributed by atoms with E-state index in [0.717, 1.165) is 16.2 Å². The summed E-state index contributed by atoms with van der Waals surface area (Å²) in [6, 6.07) is 5.36. The number of aromatic carboxylic acids is 1. The van der Waals surface area contributed by atoms with Crippen LogP contribution in [0.4, 0.5) is 0 Å². The van der Waals surface area contributed by atoms with Crippen LogP contribution in [0, 0.1) is 0 Å². The summed E-state index contributed by atoms with van der Waals surface area (Å²) in [7, 11) is 0. The lowest BCUT2D eigenvalue weighted by Gasteiger charge is -2.11. The molecule has 2 nitrogen and oxygen atoms in total. The van der Waals surface area contributed by atoms with Gasteiger partial charge in [0.05, 0.1) is 5.56 Å². The lowest BCUT2D eigenvalue weighted by Crippen LogP contribution is -2.01. The third-order valence-corrected chi connectivity index (χ3v) is 3.00. The van der Waals surface area contributed by atoms with Gasteiger partial charge in [0.25, 0.3) is 0 Å². The monoisotopic (exact) mass is 192 g/mol. The summed E-state index contributed by atoms with van der Waals surface area (Å²) in [5.74, 6) is 0.0109. The van der Waals surface area contributed by atoms with Crippen molar-refractivity contribution in [1.29, 1.82) is 0 Å². The molecule has 0 unspecified atom stereocenters. The number of fused-ring (bicyclic) bond motifs is 1. The molecule has 0 aliphatic carbocycles. The quantitative estimate of drug-likeness (QED) is 0.742. The highest BCUT2D eigenvalue weighted by molar-refractivity contribution is 7.99. The van der Waals surface area contributed by atoms with E-state index < -0.39 is 5.97 Å². The second-order valence-electron chi connectivity index (χ2n) is 2.74. The van der Waals surface area contributed by atoms with Gasteiger partial charge in [0.1, 0.15) is 0 Å². The van der Waals surface area contributed by atoms with Crippen LogP contribution in [0.5, 0.6) is 0 Å². The molecule has 0 saturated heterocycles. The van der Waals surface area contributed by atoms with Crippen LogP contribution in [0.1, 0.15) is 15.9 Å². The van der Waals surface area contributed by atoms with Crippen LogP contribution < -0.4 is 0 Å². The predicted octanol–water partition coefficient (Wildman–Crippen LogP) is 2.50. The van der Waals surface area contributed by atoms with Gasteiger partial charge in [-0.3, -0.25) is 0 Å². The first-order valence-corrected chi connectivity index (χ1v) is 4.93. The molecular formula is C10H8O2S. The number of hydrogen-bond acceptors (Lipinski definition) is 2. The number of carbonyl (C=O) groups is 1. The first-order valence-electron chi connectivity index (χ1n) is 3.94. The van der Waals surface area contributed by atoms with Gasteiger partial charge in [-0.2, -0.15) is 0 Å². The molecule has 0 bridgehead atoms. The Bertz CT molecular complexity index is 383. The normalized spacial score (nSPS) is 13.8. The lowest BCUT2D eigenvalue weighted by molar-refractivity contribution is 0.0693. The van der Waals surface area contributed by atoms with Gasteiger partial charge in [-0.25, -0.2) is 4.79 Å². The lowest BCUT2D eigenvalue weighted by atomic mass is 10.1. The number of carboxylic acid groups (broad SMARTS) is 1. The molecule has 0 radical (unpaired) electrons. The molecule has 1 N–H and O–H groups in total. The third-order valence-electron chi connectivity index (χ3n) is 1.90. The molecular weight excluding hydrogens is 184 g/mol. The van der Waals surface area contributed by atoms with Crippen molar-refractivity contribution >= 4 is 23.8 Å². The summed E-state index contributed by atoms with van der Waals surface area (Å²) in [6.45, 7) is 0. The summed E-state index contributed by atoms with van der Waals surface area (Å²) < 4.78 is 0. The van der Waals surface area contributed by atoms with E-state index in [-0.39, 0.29) is 0 Å². The van der Waals surface area contributed by atoms with Crippen LogP contribution in [-0.2, 0) is 0 Å². The molecule has 0 fully saturated rings. The smallest absolute Gasteiger partial charge is 0.336 e. The van der Waals surface area contributed by atoms with E-state index >= 15 is 0 Å². The molecule has 1 aliphatic rings. The minimum atomic E-state index is -0.848. The molecule has 1 aliphatic heterocycles. The molecule has 1 aromatic rings. The fourth-order valence-electron chi connectivity index (χ4n) is 1.32. The van der Waals surface area contributed by atoms with Crippen LogP contribution in [0.15, 0.2) is 29.2 Å². The van der Waals surface area contributed by atoms with Gasteiger partial charge in [0.2, 0.25) is 0 Å². The van der Waals surface area contributed by atoms with Crippen LogP contribution in [0.25, 0.3) is 6.08 Å². The standard InChI is InChI=1S/C10H8O2S/c11-10(12)8-5-1-3-7-4-2-6-13-9(7)8/h1-5H,6H2,(H,11,12). The van der Waals surface area contributed by atoms with Gasteiger partial charge in [0.15, 0.2) is 0 Å². The minimum Gasteiger partial charge on any atom is -0.478 e. The SMILES string of the molecule is O=C(O)c1cccc2c1SCC=C2. The number of carboxylic acids is 1. The zero-order valence-electron chi connectivity index (χ0n) is 6.86. The van der Waals surface area contributed by atoms with Crippen molar-refractivity contribution in [2.75, 3.05) is 5.75 Å². The highest BCUT2D eigenvalue weighted by atomic mass is 32.2. The predicted molar refractivity (Wildman–Crippen MR) is 53.2 cm³/mol. The third kappa shape index (κ3) is 1.47. The van der Waals surface area contributed by atoms with Gasteiger partial charge in [0, 0.05) is 10.6 Å². The molecule has 0 amide bonds. The van der Waals surface area contributed by atoms with Crippen LogP contribution >= 0.6 is 11.8 Å². The van der Waals surface area contributed by atoms with Crippen molar-refractivity contribution in [3.63, 3.8) is 0 Å². The molecule has 0 atom stereocenters. The Morgan fingerprint density at radius 1 is 1.46 bits per heavy atom.